The first-order valence-electron chi connectivity index (χ1n) is 6.45. The molecule has 0 atom stereocenters. The molecule has 19 heavy (non-hydrogen) atoms. The van der Waals surface area contributed by atoms with Crippen molar-refractivity contribution in [2.75, 3.05) is 32.1 Å². The van der Waals surface area contributed by atoms with Gasteiger partial charge in [0.25, 0.3) is 0 Å². The van der Waals surface area contributed by atoms with Crippen LogP contribution in [0.5, 0.6) is 0 Å². The lowest BCUT2D eigenvalue weighted by atomic mass is 10.2. The van der Waals surface area contributed by atoms with Crippen molar-refractivity contribution in [2.24, 2.45) is 0 Å². The van der Waals surface area contributed by atoms with Crippen LogP contribution in [0.25, 0.3) is 0 Å². The molecule has 1 aromatic heterocycles. The first-order valence-corrected chi connectivity index (χ1v) is 6.83. The first kappa shape index (κ1) is 15.7. The quantitative estimate of drug-likeness (QED) is 0.750. The van der Waals surface area contributed by atoms with Gasteiger partial charge in [-0.2, -0.15) is 0 Å². The Morgan fingerprint density at radius 3 is 2.53 bits per heavy atom. The SMILES string of the molecule is CCCN(CC(=O)N(C)C)c1ncnc(Cl)c1CC. The second-order valence-electron chi connectivity index (χ2n) is 4.53. The van der Waals surface area contributed by atoms with Crippen LogP contribution >= 0.6 is 11.6 Å². The molecule has 0 aromatic carbocycles. The van der Waals surface area contributed by atoms with Crippen LogP contribution < -0.4 is 4.90 Å². The highest BCUT2D eigenvalue weighted by atomic mass is 35.5. The van der Waals surface area contributed by atoms with Gasteiger partial charge in [0.15, 0.2) is 0 Å². The Hall–Kier alpha value is -1.36. The van der Waals surface area contributed by atoms with Crippen LogP contribution in [0, 0.1) is 0 Å². The lowest BCUT2D eigenvalue weighted by Gasteiger charge is -2.26. The fourth-order valence-electron chi connectivity index (χ4n) is 1.79. The second kappa shape index (κ2) is 7.28. The van der Waals surface area contributed by atoms with Crippen molar-refractivity contribution in [1.82, 2.24) is 14.9 Å². The van der Waals surface area contributed by atoms with Crippen molar-refractivity contribution in [2.45, 2.75) is 26.7 Å². The summed E-state index contributed by atoms with van der Waals surface area (Å²) in [5.41, 5.74) is 0.893. The van der Waals surface area contributed by atoms with Gasteiger partial charge in [-0.3, -0.25) is 4.79 Å². The Morgan fingerprint density at radius 2 is 2.00 bits per heavy atom. The second-order valence-corrected chi connectivity index (χ2v) is 4.89. The molecule has 0 N–H and O–H groups in total. The molecule has 0 saturated heterocycles. The highest BCUT2D eigenvalue weighted by Crippen LogP contribution is 2.23. The van der Waals surface area contributed by atoms with Crippen LogP contribution in [0.2, 0.25) is 5.15 Å². The van der Waals surface area contributed by atoms with Crippen LogP contribution in [0.1, 0.15) is 25.8 Å². The molecule has 0 unspecified atom stereocenters. The summed E-state index contributed by atoms with van der Waals surface area (Å²) >= 11 is 6.10. The summed E-state index contributed by atoms with van der Waals surface area (Å²) < 4.78 is 0. The predicted octanol–water partition coefficient (Wildman–Crippen LogP) is 2.00. The molecule has 6 heteroatoms. The summed E-state index contributed by atoms with van der Waals surface area (Å²) in [5, 5.41) is 0.464. The van der Waals surface area contributed by atoms with Crippen molar-refractivity contribution in [3.05, 3.63) is 17.0 Å². The van der Waals surface area contributed by atoms with Gasteiger partial charge >= 0.3 is 0 Å². The van der Waals surface area contributed by atoms with Crippen LogP contribution in [0.3, 0.4) is 0 Å². The molecule has 0 saturated carbocycles. The average molecular weight is 285 g/mol. The van der Waals surface area contributed by atoms with E-state index in [0.29, 0.717) is 11.7 Å². The van der Waals surface area contributed by atoms with Gasteiger partial charge in [0, 0.05) is 26.2 Å². The van der Waals surface area contributed by atoms with Crippen LogP contribution in [-0.2, 0) is 11.2 Å². The average Bonchev–Trinajstić information content (AvgIpc) is 2.37. The summed E-state index contributed by atoms with van der Waals surface area (Å²) in [7, 11) is 3.50. The van der Waals surface area contributed by atoms with Gasteiger partial charge in [0.1, 0.15) is 17.3 Å². The molecular weight excluding hydrogens is 264 g/mol. The third-order valence-corrected chi connectivity index (χ3v) is 3.17. The molecule has 0 fully saturated rings. The number of likely N-dealkylation sites (N-methyl/N-ethyl adjacent to an activating group) is 1. The number of carbonyl (C=O) groups is 1. The topological polar surface area (TPSA) is 49.3 Å². The Bertz CT molecular complexity index is 437. The number of carbonyl (C=O) groups excluding carboxylic acids is 1. The Morgan fingerprint density at radius 1 is 1.32 bits per heavy atom. The third-order valence-electron chi connectivity index (χ3n) is 2.84. The van der Waals surface area contributed by atoms with E-state index in [1.54, 1.807) is 19.0 Å². The van der Waals surface area contributed by atoms with E-state index >= 15 is 0 Å². The number of hydrogen-bond donors (Lipinski definition) is 0. The maximum atomic E-state index is 11.9. The van der Waals surface area contributed by atoms with E-state index in [2.05, 4.69) is 16.9 Å². The Kier molecular flexibility index (Phi) is 6.02. The zero-order chi connectivity index (χ0) is 14.4. The number of rotatable bonds is 6. The monoisotopic (exact) mass is 284 g/mol. The van der Waals surface area contributed by atoms with Crippen molar-refractivity contribution in [3.8, 4) is 0 Å². The minimum absolute atomic E-state index is 0.0465. The molecule has 5 nitrogen and oxygen atoms in total. The lowest BCUT2D eigenvalue weighted by Crippen LogP contribution is -2.38. The number of aromatic nitrogens is 2. The maximum Gasteiger partial charge on any atom is 0.241 e. The largest absolute Gasteiger partial charge is 0.347 e. The van der Waals surface area contributed by atoms with Gasteiger partial charge in [0.05, 0.1) is 6.54 Å². The van der Waals surface area contributed by atoms with Crippen molar-refractivity contribution in [1.29, 1.82) is 0 Å². The van der Waals surface area contributed by atoms with E-state index in [-0.39, 0.29) is 5.91 Å². The first-order chi connectivity index (χ1) is 9.01. The molecule has 0 aliphatic rings. The molecule has 1 aromatic rings. The van der Waals surface area contributed by atoms with Crippen LogP contribution in [0.4, 0.5) is 5.82 Å². The third kappa shape index (κ3) is 4.06. The number of anilines is 1. The molecule has 0 spiro atoms. The fourth-order valence-corrected chi connectivity index (χ4v) is 2.06. The molecule has 0 radical (unpaired) electrons. The van der Waals surface area contributed by atoms with Gasteiger partial charge in [0.2, 0.25) is 5.91 Å². The molecule has 1 rings (SSSR count). The van der Waals surface area contributed by atoms with E-state index in [4.69, 9.17) is 11.6 Å². The van der Waals surface area contributed by atoms with Crippen molar-refractivity contribution in [3.63, 3.8) is 0 Å². The summed E-state index contributed by atoms with van der Waals surface area (Å²) in [6.45, 7) is 5.15. The van der Waals surface area contributed by atoms with E-state index in [1.807, 2.05) is 11.8 Å². The molecule has 1 heterocycles. The zero-order valence-electron chi connectivity index (χ0n) is 12.0. The van der Waals surface area contributed by atoms with Crippen LogP contribution in [-0.4, -0.2) is 48.0 Å². The zero-order valence-corrected chi connectivity index (χ0v) is 12.7. The lowest BCUT2D eigenvalue weighted by molar-refractivity contribution is -0.127. The maximum absolute atomic E-state index is 11.9. The van der Waals surface area contributed by atoms with E-state index in [0.717, 1.165) is 30.8 Å². The molecule has 0 aliphatic carbocycles. The fraction of sp³-hybridized carbons (Fsp3) is 0.615. The molecule has 0 aliphatic heterocycles. The van der Waals surface area contributed by atoms with Crippen molar-refractivity contribution < 1.29 is 4.79 Å². The minimum Gasteiger partial charge on any atom is -0.347 e. The highest BCUT2D eigenvalue weighted by molar-refractivity contribution is 6.30. The predicted molar refractivity (Wildman–Crippen MR) is 77.6 cm³/mol. The molecule has 0 bridgehead atoms. The van der Waals surface area contributed by atoms with E-state index in [9.17, 15) is 4.79 Å². The standard InChI is InChI=1S/C13H21ClN4O/c1-5-7-18(8-11(19)17(3)4)13-10(6-2)12(14)15-9-16-13/h9H,5-8H2,1-4H3. The summed E-state index contributed by atoms with van der Waals surface area (Å²) in [5.74, 6) is 0.810. The number of halogens is 1. The minimum atomic E-state index is 0.0465. The summed E-state index contributed by atoms with van der Waals surface area (Å²) in [6, 6.07) is 0. The normalized spacial score (nSPS) is 10.4. The summed E-state index contributed by atoms with van der Waals surface area (Å²) in [6.07, 6.45) is 3.12. The number of nitrogens with zero attached hydrogens (tertiary/aromatic N) is 4. The summed E-state index contributed by atoms with van der Waals surface area (Å²) in [4.78, 5) is 23.7. The van der Waals surface area contributed by atoms with Gasteiger partial charge in [-0.05, 0) is 12.8 Å². The Labute approximate surface area is 119 Å². The highest BCUT2D eigenvalue weighted by Gasteiger charge is 2.18. The number of amides is 1. The van der Waals surface area contributed by atoms with Gasteiger partial charge in [-0.1, -0.05) is 25.4 Å². The number of hydrogen-bond acceptors (Lipinski definition) is 4. The smallest absolute Gasteiger partial charge is 0.241 e. The van der Waals surface area contributed by atoms with Gasteiger partial charge in [-0.25, -0.2) is 9.97 Å². The van der Waals surface area contributed by atoms with Gasteiger partial charge < -0.3 is 9.80 Å². The Balaban J connectivity index is 3.05. The van der Waals surface area contributed by atoms with E-state index in [1.165, 1.54) is 6.33 Å². The van der Waals surface area contributed by atoms with Crippen molar-refractivity contribution >= 4 is 23.3 Å². The molecule has 106 valence electrons. The molecule has 1 amide bonds. The van der Waals surface area contributed by atoms with Gasteiger partial charge in [-0.15, -0.1) is 0 Å². The van der Waals surface area contributed by atoms with Crippen LogP contribution in [0.15, 0.2) is 6.33 Å². The molecular formula is C13H21ClN4O. The van der Waals surface area contributed by atoms with E-state index < -0.39 is 0 Å².